The van der Waals surface area contributed by atoms with Crippen LogP contribution in [-0.2, 0) is 0 Å². The molecule has 1 aromatic carbocycles. The highest BCUT2D eigenvalue weighted by atomic mass is 16.3. The summed E-state index contributed by atoms with van der Waals surface area (Å²) in [6.07, 6.45) is 2.39. The smallest absolute Gasteiger partial charge is 0.115 e. The maximum Gasteiger partial charge on any atom is 0.115 e. The molecule has 0 amide bonds. The number of benzene rings is 1. The average molecular weight is 220 g/mol. The summed E-state index contributed by atoms with van der Waals surface area (Å²) in [6.45, 7) is 0. The normalized spacial score (nSPS) is 19.8. The van der Waals surface area contributed by atoms with Gasteiger partial charge < -0.3 is 15.3 Å². The van der Waals surface area contributed by atoms with Gasteiger partial charge in [-0.05, 0) is 51.7 Å². The van der Waals surface area contributed by atoms with Gasteiger partial charge in [0.15, 0.2) is 0 Å². The minimum atomic E-state index is 0.192. The van der Waals surface area contributed by atoms with Gasteiger partial charge in [-0.25, -0.2) is 0 Å². The molecule has 1 aromatic rings. The first-order chi connectivity index (χ1) is 7.59. The number of likely N-dealkylation sites (N-methyl/N-ethyl adjacent to an activating group) is 2. The van der Waals surface area contributed by atoms with Crippen molar-refractivity contribution in [3.05, 3.63) is 29.8 Å². The Bertz CT molecular complexity index is 372. The molecular formula is C13H20N2O. The Morgan fingerprint density at radius 2 is 2.06 bits per heavy atom. The molecule has 1 aliphatic rings. The molecule has 88 valence electrons. The van der Waals surface area contributed by atoms with Crippen molar-refractivity contribution in [2.75, 3.05) is 21.1 Å². The van der Waals surface area contributed by atoms with E-state index in [1.165, 1.54) is 18.4 Å². The third-order valence-corrected chi connectivity index (χ3v) is 3.51. The van der Waals surface area contributed by atoms with Gasteiger partial charge >= 0.3 is 0 Å². The van der Waals surface area contributed by atoms with Crippen molar-refractivity contribution in [1.29, 1.82) is 0 Å². The fraction of sp³-hybridized carbons (Fsp3) is 0.538. The second kappa shape index (κ2) is 4.07. The fourth-order valence-electron chi connectivity index (χ4n) is 2.60. The van der Waals surface area contributed by atoms with Crippen LogP contribution in [0.5, 0.6) is 5.75 Å². The molecule has 3 nitrogen and oxygen atoms in total. The van der Waals surface area contributed by atoms with Crippen LogP contribution in [0.3, 0.4) is 0 Å². The summed E-state index contributed by atoms with van der Waals surface area (Å²) in [6, 6.07) is 7.90. The molecule has 0 aliphatic heterocycles. The first-order valence-electron chi connectivity index (χ1n) is 5.73. The lowest BCUT2D eigenvalue weighted by Crippen LogP contribution is -2.41. The molecule has 1 atom stereocenters. The van der Waals surface area contributed by atoms with Gasteiger partial charge in [0.2, 0.25) is 0 Å². The molecule has 2 rings (SSSR count). The van der Waals surface area contributed by atoms with Gasteiger partial charge in [0, 0.05) is 5.54 Å². The number of phenols is 1. The van der Waals surface area contributed by atoms with Gasteiger partial charge in [-0.1, -0.05) is 12.1 Å². The van der Waals surface area contributed by atoms with Gasteiger partial charge in [0.1, 0.15) is 5.75 Å². The van der Waals surface area contributed by atoms with E-state index in [9.17, 15) is 5.11 Å². The molecule has 1 saturated carbocycles. The topological polar surface area (TPSA) is 35.5 Å². The molecule has 0 radical (unpaired) electrons. The summed E-state index contributed by atoms with van der Waals surface area (Å²) in [5, 5.41) is 13.0. The summed E-state index contributed by atoms with van der Waals surface area (Å²) >= 11 is 0. The van der Waals surface area contributed by atoms with Crippen molar-refractivity contribution in [2.24, 2.45) is 0 Å². The van der Waals surface area contributed by atoms with Gasteiger partial charge in [-0.2, -0.15) is 0 Å². The molecule has 1 fully saturated rings. The number of phenolic OH excluding ortho intramolecular Hbond substituents is 1. The van der Waals surface area contributed by atoms with Crippen LogP contribution >= 0.6 is 0 Å². The third-order valence-electron chi connectivity index (χ3n) is 3.51. The van der Waals surface area contributed by atoms with E-state index in [0.29, 0.717) is 11.8 Å². The molecule has 1 aliphatic carbocycles. The van der Waals surface area contributed by atoms with E-state index in [1.54, 1.807) is 6.07 Å². The van der Waals surface area contributed by atoms with Crippen molar-refractivity contribution in [3.8, 4) is 5.75 Å². The lowest BCUT2D eigenvalue weighted by Gasteiger charge is -2.33. The minimum absolute atomic E-state index is 0.192. The third kappa shape index (κ3) is 1.93. The summed E-state index contributed by atoms with van der Waals surface area (Å²) in [5.41, 5.74) is 1.37. The highest BCUT2D eigenvalue weighted by molar-refractivity contribution is 5.33. The minimum Gasteiger partial charge on any atom is -0.508 e. The zero-order valence-corrected chi connectivity index (χ0v) is 10.2. The zero-order chi connectivity index (χ0) is 11.8. The number of hydrogen-bond donors (Lipinski definition) is 2. The highest BCUT2D eigenvalue weighted by Crippen LogP contribution is 2.48. The summed E-state index contributed by atoms with van der Waals surface area (Å²) in [4.78, 5) is 2.22. The standard InChI is InChI=1S/C13H20N2O/c1-14-13(7-8-13)12(15(2)3)10-5-4-6-11(16)9-10/h4-6,9,12,14,16H,7-8H2,1-3H3. The molecule has 0 heterocycles. The van der Waals surface area contributed by atoms with Crippen molar-refractivity contribution >= 4 is 0 Å². The quantitative estimate of drug-likeness (QED) is 0.811. The van der Waals surface area contributed by atoms with E-state index < -0.39 is 0 Å². The van der Waals surface area contributed by atoms with Gasteiger partial charge in [0.25, 0.3) is 0 Å². The molecule has 3 heteroatoms. The largest absolute Gasteiger partial charge is 0.508 e. The predicted molar refractivity (Wildman–Crippen MR) is 65.6 cm³/mol. The lowest BCUT2D eigenvalue weighted by atomic mass is 9.96. The van der Waals surface area contributed by atoms with E-state index in [-0.39, 0.29) is 5.54 Å². The number of nitrogens with zero attached hydrogens (tertiary/aromatic N) is 1. The number of nitrogens with one attached hydrogen (secondary N) is 1. The van der Waals surface area contributed by atoms with Crippen molar-refractivity contribution in [1.82, 2.24) is 10.2 Å². The summed E-state index contributed by atoms with van der Waals surface area (Å²) in [5.74, 6) is 0.344. The highest BCUT2D eigenvalue weighted by Gasteiger charge is 2.49. The van der Waals surface area contributed by atoms with Crippen LogP contribution in [-0.4, -0.2) is 36.7 Å². The van der Waals surface area contributed by atoms with Crippen LogP contribution in [0.4, 0.5) is 0 Å². The molecule has 0 bridgehead atoms. The SMILES string of the molecule is CNC1(C(c2cccc(O)c2)N(C)C)CC1. The predicted octanol–water partition coefficient (Wildman–Crippen LogP) is 1.75. The Hall–Kier alpha value is -1.06. The first-order valence-corrected chi connectivity index (χ1v) is 5.73. The van der Waals surface area contributed by atoms with Crippen LogP contribution in [0.1, 0.15) is 24.4 Å². The van der Waals surface area contributed by atoms with Gasteiger partial charge in [-0.3, -0.25) is 0 Å². The Morgan fingerprint density at radius 3 is 2.50 bits per heavy atom. The van der Waals surface area contributed by atoms with Crippen LogP contribution in [0.15, 0.2) is 24.3 Å². The van der Waals surface area contributed by atoms with Crippen LogP contribution < -0.4 is 5.32 Å². The molecule has 0 aromatic heterocycles. The summed E-state index contributed by atoms with van der Waals surface area (Å²) < 4.78 is 0. The van der Waals surface area contributed by atoms with Crippen molar-refractivity contribution in [2.45, 2.75) is 24.4 Å². The van der Waals surface area contributed by atoms with Crippen LogP contribution in [0.2, 0.25) is 0 Å². The summed E-state index contributed by atoms with van der Waals surface area (Å²) in [7, 11) is 6.20. The second-order valence-electron chi connectivity index (χ2n) is 4.87. The van der Waals surface area contributed by atoms with E-state index in [1.807, 2.05) is 19.2 Å². The second-order valence-corrected chi connectivity index (χ2v) is 4.87. The van der Waals surface area contributed by atoms with E-state index >= 15 is 0 Å². The number of aromatic hydroxyl groups is 1. The number of rotatable bonds is 4. The number of hydrogen-bond acceptors (Lipinski definition) is 3. The van der Waals surface area contributed by atoms with Crippen LogP contribution in [0.25, 0.3) is 0 Å². The monoisotopic (exact) mass is 220 g/mol. The maximum atomic E-state index is 9.56. The van der Waals surface area contributed by atoms with E-state index in [4.69, 9.17) is 0 Å². The molecular weight excluding hydrogens is 200 g/mol. The molecule has 0 saturated heterocycles. The molecule has 1 unspecified atom stereocenters. The van der Waals surface area contributed by atoms with Gasteiger partial charge in [-0.15, -0.1) is 0 Å². The van der Waals surface area contributed by atoms with Gasteiger partial charge in [0.05, 0.1) is 6.04 Å². The Kier molecular flexibility index (Phi) is 2.91. The van der Waals surface area contributed by atoms with Crippen molar-refractivity contribution < 1.29 is 5.11 Å². The Balaban J connectivity index is 2.33. The lowest BCUT2D eigenvalue weighted by molar-refractivity contribution is 0.223. The molecule has 16 heavy (non-hydrogen) atoms. The van der Waals surface area contributed by atoms with E-state index in [0.717, 1.165) is 0 Å². The Morgan fingerprint density at radius 1 is 1.38 bits per heavy atom. The average Bonchev–Trinajstić information content (AvgIpc) is 2.99. The Labute approximate surface area is 97.1 Å². The van der Waals surface area contributed by atoms with Crippen LogP contribution in [0, 0.1) is 0 Å². The van der Waals surface area contributed by atoms with E-state index in [2.05, 4.69) is 30.4 Å². The fourth-order valence-corrected chi connectivity index (χ4v) is 2.60. The van der Waals surface area contributed by atoms with Crippen molar-refractivity contribution in [3.63, 3.8) is 0 Å². The molecule has 0 spiro atoms. The molecule has 2 N–H and O–H groups in total. The first kappa shape index (κ1) is 11.4. The zero-order valence-electron chi connectivity index (χ0n) is 10.2. The maximum absolute atomic E-state index is 9.56.